The lowest BCUT2D eigenvalue weighted by molar-refractivity contribution is -0.134. The summed E-state index contributed by atoms with van der Waals surface area (Å²) in [6, 6.07) is 0. The van der Waals surface area contributed by atoms with Crippen molar-refractivity contribution in [3.05, 3.63) is 0 Å². The predicted octanol–water partition coefficient (Wildman–Crippen LogP) is -0.0307. The van der Waals surface area contributed by atoms with Gasteiger partial charge in [-0.05, 0) is 26.8 Å². The molecular weight excluding hydrogens is 180 g/mol. The van der Waals surface area contributed by atoms with Gasteiger partial charge >= 0.3 is 0 Å². The lowest BCUT2D eigenvalue weighted by atomic mass is 9.94. The largest absolute Gasteiger partial charge is 0.390 e. The molecule has 0 bridgehead atoms. The molecule has 1 aliphatic rings. The van der Waals surface area contributed by atoms with E-state index in [1.165, 1.54) is 0 Å². The molecule has 1 saturated heterocycles. The van der Waals surface area contributed by atoms with Gasteiger partial charge in [-0.15, -0.1) is 0 Å². The molecule has 1 heterocycles. The molecule has 0 saturated carbocycles. The zero-order valence-electron chi connectivity index (χ0n) is 9.05. The number of nitrogens with one attached hydrogen (secondary N) is 1. The first kappa shape index (κ1) is 11.5. The SMILES string of the molecule is CNCCC(=O)N1CCC(C)(O)CC1. The summed E-state index contributed by atoms with van der Waals surface area (Å²) in [5.41, 5.74) is -0.570. The topological polar surface area (TPSA) is 52.6 Å². The first-order valence-corrected chi connectivity index (χ1v) is 5.20. The molecule has 1 amide bonds. The predicted molar refractivity (Wildman–Crippen MR) is 55.0 cm³/mol. The molecule has 0 spiro atoms. The first-order valence-electron chi connectivity index (χ1n) is 5.20. The van der Waals surface area contributed by atoms with Gasteiger partial charge in [-0.2, -0.15) is 0 Å². The van der Waals surface area contributed by atoms with Crippen molar-refractivity contribution in [2.45, 2.75) is 31.8 Å². The van der Waals surface area contributed by atoms with Crippen molar-refractivity contribution in [2.75, 3.05) is 26.7 Å². The van der Waals surface area contributed by atoms with Gasteiger partial charge in [-0.1, -0.05) is 0 Å². The standard InChI is InChI=1S/C10H20N2O2/c1-10(14)4-7-12(8-5-10)9(13)3-6-11-2/h11,14H,3-8H2,1-2H3. The molecule has 0 aliphatic carbocycles. The Bertz CT molecular complexity index is 194. The Hall–Kier alpha value is -0.610. The second-order valence-electron chi connectivity index (χ2n) is 4.23. The number of hydrogen-bond donors (Lipinski definition) is 2. The molecule has 1 aliphatic heterocycles. The summed E-state index contributed by atoms with van der Waals surface area (Å²) < 4.78 is 0. The van der Waals surface area contributed by atoms with Crippen molar-refractivity contribution < 1.29 is 9.90 Å². The van der Waals surface area contributed by atoms with Crippen LogP contribution >= 0.6 is 0 Å². The zero-order chi connectivity index (χ0) is 10.6. The second kappa shape index (κ2) is 4.75. The summed E-state index contributed by atoms with van der Waals surface area (Å²) in [4.78, 5) is 13.4. The molecule has 4 heteroatoms. The third-order valence-electron chi connectivity index (χ3n) is 2.78. The molecule has 0 aromatic carbocycles. The molecular formula is C10H20N2O2. The van der Waals surface area contributed by atoms with Gasteiger partial charge in [0.15, 0.2) is 0 Å². The Morgan fingerprint density at radius 3 is 2.57 bits per heavy atom. The smallest absolute Gasteiger partial charge is 0.223 e. The third-order valence-corrected chi connectivity index (χ3v) is 2.78. The lowest BCUT2D eigenvalue weighted by Crippen LogP contribution is -2.45. The summed E-state index contributed by atoms with van der Waals surface area (Å²) >= 11 is 0. The van der Waals surface area contributed by atoms with Crippen LogP contribution in [0.2, 0.25) is 0 Å². The summed E-state index contributed by atoms with van der Waals surface area (Å²) in [5.74, 6) is 0.190. The molecule has 14 heavy (non-hydrogen) atoms. The van der Waals surface area contributed by atoms with E-state index in [9.17, 15) is 9.90 Å². The molecule has 0 unspecified atom stereocenters. The highest BCUT2D eigenvalue weighted by atomic mass is 16.3. The van der Waals surface area contributed by atoms with E-state index < -0.39 is 5.60 Å². The van der Waals surface area contributed by atoms with Crippen molar-refractivity contribution in [1.29, 1.82) is 0 Å². The molecule has 2 N–H and O–H groups in total. The fraction of sp³-hybridized carbons (Fsp3) is 0.900. The van der Waals surface area contributed by atoms with Crippen LogP contribution in [0.15, 0.2) is 0 Å². The molecule has 0 radical (unpaired) electrons. The minimum atomic E-state index is -0.570. The molecule has 0 aromatic heterocycles. The Labute approximate surface area is 85.3 Å². The highest BCUT2D eigenvalue weighted by molar-refractivity contribution is 5.76. The van der Waals surface area contributed by atoms with Crippen molar-refractivity contribution in [2.24, 2.45) is 0 Å². The van der Waals surface area contributed by atoms with Gasteiger partial charge < -0.3 is 15.3 Å². The zero-order valence-corrected chi connectivity index (χ0v) is 9.05. The van der Waals surface area contributed by atoms with Crippen LogP contribution in [0.5, 0.6) is 0 Å². The van der Waals surface area contributed by atoms with Crippen LogP contribution in [0.1, 0.15) is 26.2 Å². The van der Waals surface area contributed by atoms with E-state index in [1.807, 2.05) is 18.9 Å². The minimum Gasteiger partial charge on any atom is -0.390 e. The minimum absolute atomic E-state index is 0.190. The number of rotatable bonds is 3. The number of nitrogens with zero attached hydrogens (tertiary/aromatic N) is 1. The third kappa shape index (κ3) is 3.27. The number of likely N-dealkylation sites (tertiary alicyclic amines) is 1. The fourth-order valence-corrected chi connectivity index (χ4v) is 1.63. The van der Waals surface area contributed by atoms with Crippen LogP contribution in [-0.4, -0.2) is 48.2 Å². The van der Waals surface area contributed by atoms with Crippen molar-refractivity contribution in [3.63, 3.8) is 0 Å². The molecule has 4 nitrogen and oxygen atoms in total. The highest BCUT2D eigenvalue weighted by Gasteiger charge is 2.28. The summed E-state index contributed by atoms with van der Waals surface area (Å²) in [6.07, 6.45) is 1.94. The number of carbonyl (C=O) groups is 1. The van der Waals surface area contributed by atoms with Crippen molar-refractivity contribution >= 4 is 5.91 Å². The van der Waals surface area contributed by atoms with E-state index in [0.717, 1.165) is 6.54 Å². The normalized spacial score (nSPS) is 20.9. The highest BCUT2D eigenvalue weighted by Crippen LogP contribution is 2.21. The maximum absolute atomic E-state index is 11.6. The molecule has 1 rings (SSSR count). The second-order valence-corrected chi connectivity index (χ2v) is 4.23. The number of piperidine rings is 1. The first-order chi connectivity index (χ1) is 6.55. The number of amides is 1. The Kier molecular flexibility index (Phi) is 3.89. The summed E-state index contributed by atoms with van der Waals surface area (Å²) in [5, 5.41) is 12.7. The average Bonchev–Trinajstić information content (AvgIpc) is 2.14. The lowest BCUT2D eigenvalue weighted by Gasteiger charge is -2.35. The quantitative estimate of drug-likeness (QED) is 0.672. The van der Waals surface area contributed by atoms with Gasteiger partial charge in [-0.25, -0.2) is 0 Å². The molecule has 0 atom stereocenters. The molecule has 82 valence electrons. The van der Waals surface area contributed by atoms with Gasteiger partial charge in [0.2, 0.25) is 5.91 Å². The van der Waals surface area contributed by atoms with E-state index in [4.69, 9.17) is 0 Å². The number of hydrogen-bond acceptors (Lipinski definition) is 3. The van der Waals surface area contributed by atoms with Gasteiger partial charge in [0, 0.05) is 26.1 Å². The van der Waals surface area contributed by atoms with E-state index in [-0.39, 0.29) is 5.91 Å². The van der Waals surface area contributed by atoms with Crippen LogP contribution in [0.4, 0.5) is 0 Å². The van der Waals surface area contributed by atoms with Crippen LogP contribution in [-0.2, 0) is 4.79 Å². The maximum Gasteiger partial charge on any atom is 0.223 e. The summed E-state index contributed by atoms with van der Waals surface area (Å²) in [7, 11) is 1.84. The van der Waals surface area contributed by atoms with E-state index in [2.05, 4.69) is 5.32 Å². The van der Waals surface area contributed by atoms with Crippen LogP contribution in [0, 0.1) is 0 Å². The number of aliphatic hydroxyl groups is 1. The van der Waals surface area contributed by atoms with Crippen molar-refractivity contribution in [1.82, 2.24) is 10.2 Å². The summed E-state index contributed by atoms with van der Waals surface area (Å²) in [6.45, 7) is 3.94. The van der Waals surface area contributed by atoms with Gasteiger partial charge in [0.05, 0.1) is 5.60 Å². The fourth-order valence-electron chi connectivity index (χ4n) is 1.63. The maximum atomic E-state index is 11.6. The Morgan fingerprint density at radius 2 is 2.07 bits per heavy atom. The Morgan fingerprint density at radius 1 is 1.50 bits per heavy atom. The van der Waals surface area contributed by atoms with E-state index in [0.29, 0.717) is 32.4 Å². The molecule has 0 aromatic rings. The molecule has 1 fully saturated rings. The monoisotopic (exact) mass is 200 g/mol. The van der Waals surface area contributed by atoms with Crippen molar-refractivity contribution in [3.8, 4) is 0 Å². The van der Waals surface area contributed by atoms with Crippen LogP contribution < -0.4 is 5.32 Å². The van der Waals surface area contributed by atoms with Gasteiger partial charge in [0.1, 0.15) is 0 Å². The van der Waals surface area contributed by atoms with Gasteiger partial charge in [-0.3, -0.25) is 4.79 Å². The van der Waals surface area contributed by atoms with Crippen LogP contribution in [0.3, 0.4) is 0 Å². The average molecular weight is 200 g/mol. The Balaban J connectivity index is 2.30. The number of carbonyl (C=O) groups excluding carboxylic acids is 1. The van der Waals surface area contributed by atoms with E-state index >= 15 is 0 Å². The van der Waals surface area contributed by atoms with E-state index in [1.54, 1.807) is 0 Å². The van der Waals surface area contributed by atoms with Crippen LogP contribution in [0.25, 0.3) is 0 Å². The van der Waals surface area contributed by atoms with Gasteiger partial charge in [0.25, 0.3) is 0 Å².